The Morgan fingerprint density at radius 3 is 2.52 bits per heavy atom. The molecule has 0 saturated heterocycles. The van der Waals surface area contributed by atoms with Crippen LogP contribution in [0.25, 0.3) is 28.0 Å². The first-order valence-electron chi connectivity index (χ1n) is 7.77. The summed E-state index contributed by atoms with van der Waals surface area (Å²) < 4.78 is 16.0. The Morgan fingerprint density at radius 2 is 1.81 bits per heavy atom. The second-order valence-corrected chi connectivity index (χ2v) is 6.57. The van der Waals surface area contributed by atoms with Crippen molar-refractivity contribution in [1.29, 1.82) is 0 Å². The number of hydrogen-bond donors (Lipinski definition) is 1. The van der Waals surface area contributed by atoms with Gasteiger partial charge in [-0.15, -0.1) is 0 Å². The summed E-state index contributed by atoms with van der Waals surface area (Å²) in [6.07, 6.45) is 2.65. The second kappa shape index (κ2) is 6.64. The maximum atomic E-state index is 14.7. The number of aromatic carboxylic acids is 1. The summed E-state index contributed by atoms with van der Waals surface area (Å²) in [6.45, 7) is 0. The number of hydrogen-bond acceptors (Lipinski definition) is 3. The first-order chi connectivity index (χ1) is 13.0. The maximum absolute atomic E-state index is 14.7. The fourth-order valence-corrected chi connectivity index (χ4v) is 3.30. The molecular weight excluding hydrogens is 392 g/mol. The van der Waals surface area contributed by atoms with E-state index in [4.69, 9.17) is 23.2 Å². The van der Waals surface area contributed by atoms with Gasteiger partial charge in [-0.3, -0.25) is 0 Å². The lowest BCUT2D eigenvalue weighted by Crippen LogP contribution is -2.03. The number of carboxylic acids is 1. The van der Waals surface area contributed by atoms with Crippen molar-refractivity contribution in [3.05, 3.63) is 76.3 Å². The van der Waals surface area contributed by atoms with Crippen LogP contribution in [0.5, 0.6) is 0 Å². The number of fused-ring (bicyclic) bond motifs is 1. The number of carboxylic acid groups (broad SMARTS) is 1. The molecule has 0 atom stereocenters. The lowest BCUT2D eigenvalue weighted by atomic mass is 10.00. The van der Waals surface area contributed by atoms with Gasteiger partial charge in [0.05, 0.1) is 11.9 Å². The Hall–Kier alpha value is -2.96. The van der Waals surface area contributed by atoms with E-state index in [0.29, 0.717) is 21.8 Å². The molecule has 0 amide bonds. The molecule has 0 saturated carbocycles. The molecule has 2 heterocycles. The van der Waals surface area contributed by atoms with Crippen molar-refractivity contribution in [2.75, 3.05) is 0 Å². The molecule has 0 spiro atoms. The van der Waals surface area contributed by atoms with E-state index in [1.54, 1.807) is 30.3 Å². The summed E-state index contributed by atoms with van der Waals surface area (Å²) in [6, 6.07) is 11.3. The average molecular weight is 402 g/mol. The molecule has 1 N–H and O–H groups in total. The third-order valence-corrected chi connectivity index (χ3v) is 4.67. The van der Waals surface area contributed by atoms with E-state index >= 15 is 0 Å². The molecule has 4 aromatic rings. The van der Waals surface area contributed by atoms with Crippen molar-refractivity contribution in [2.24, 2.45) is 0 Å². The van der Waals surface area contributed by atoms with Crippen LogP contribution in [0, 0.1) is 5.82 Å². The molecule has 4 rings (SSSR count). The molecule has 5 nitrogen and oxygen atoms in total. The average Bonchev–Trinajstić information content (AvgIpc) is 3.06. The number of aromatic nitrogens is 3. The Morgan fingerprint density at radius 1 is 1.04 bits per heavy atom. The van der Waals surface area contributed by atoms with Gasteiger partial charge in [0, 0.05) is 32.9 Å². The van der Waals surface area contributed by atoms with Crippen LogP contribution in [-0.2, 0) is 0 Å². The Balaban J connectivity index is 2.13. The Bertz CT molecular complexity index is 1210. The van der Waals surface area contributed by atoms with Crippen LogP contribution in [0.15, 0.2) is 54.9 Å². The van der Waals surface area contributed by atoms with Gasteiger partial charge in [0.15, 0.2) is 5.65 Å². The summed E-state index contributed by atoms with van der Waals surface area (Å²) in [5.74, 6) is -1.75. The highest BCUT2D eigenvalue weighted by atomic mass is 35.5. The smallest absolute Gasteiger partial charge is 0.341 e. The van der Waals surface area contributed by atoms with Crippen LogP contribution in [0.3, 0.4) is 0 Å². The lowest BCUT2D eigenvalue weighted by Gasteiger charge is -2.14. The standard InChI is InChI=1S/C19H10Cl2FN3O2/c20-10-5-6-12(16(22)7-10)17-13(11-3-1-2-4-15(11)21)8-23-18-14(19(26)27)9-24-25(17)18/h1-9H,(H,26,27). The third kappa shape index (κ3) is 2.93. The molecule has 0 aliphatic rings. The summed E-state index contributed by atoms with van der Waals surface area (Å²) in [7, 11) is 0. The van der Waals surface area contributed by atoms with E-state index in [1.807, 2.05) is 0 Å². The van der Waals surface area contributed by atoms with Crippen LogP contribution in [0.1, 0.15) is 10.4 Å². The molecule has 0 radical (unpaired) electrons. The molecule has 134 valence electrons. The van der Waals surface area contributed by atoms with Crippen molar-refractivity contribution < 1.29 is 14.3 Å². The van der Waals surface area contributed by atoms with Crippen molar-refractivity contribution in [3.8, 4) is 22.4 Å². The fraction of sp³-hybridized carbons (Fsp3) is 0. The van der Waals surface area contributed by atoms with E-state index in [-0.39, 0.29) is 21.8 Å². The van der Waals surface area contributed by atoms with Gasteiger partial charge in [-0.1, -0.05) is 41.4 Å². The highest BCUT2D eigenvalue weighted by Crippen LogP contribution is 2.37. The molecule has 0 fully saturated rings. The summed E-state index contributed by atoms with van der Waals surface area (Å²) in [5, 5.41) is 14.2. The van der Waals surface area contributed by atoms with Crippen molar-refractivity contribution >= 4 is 34.8 Å². The predicted molar refractivity (Wildman–Crippen MR) is 101 cm³/mol. The van der Waals surface area contributed by atoms with Gasteiger partial charge in [0.1, 0.15) is 11.4 Å². The number of rotatable bonds is 3. The topological polar surface area (TPSA) is 67.5 Å². The largest absolute Gasteiger partial charge is 0.477 e. The maximum Gasteiger partial charge on any atom is 0.341 e. The SMILES string of the molecule is O=C(O)c1cnn2c(-c3ccc(Cl)cc3F)c(-c3ccccc3Cl)cnc12. The quantitative estimate of drug-likeness (QED) is 0.511. The number of benzene rings is 2. The summed E-state index contributed by atoms with van der Waals surface area (Å²) >= 11 is 12.2. The zero-order valence-corrected chi connectivity index (χ0v) is 15.0. The number of halogens is 3. The molecule has 0 aliphatic carbocycles. The van der Waals surface area contributed by atoms with Crippen molar-refractivity contribution in [1.82, 2.24) is 14.6 Å². The minimum atomic E-state index is -1.18. The minimum absolute atomic E-state index is 0.0867. The van der Waals surface area contributed by atoms with Crippen LogP contribution in [0.4, 0.5) is 4.39 Å². The Labute approximate surface area is 162 Å². The first kappa shape index (κ1) is 17.5. The molecule has 8 heteroatoms. The summed E-state index contributed by atoms with van der Waals surface area (Å²) in [5.41, 5.74) is 1.66. The van der Waals surface area contributed by atoms with E-state index in [1.165, 1.54) is 29.0 Å². The highest BCUT2D eigenvalue weighted by Gasteiger charge is 2.22. The molecular formula is C19H10Cl2FN3O2. The molecule has 0 aliphatic heterocycles. The van der Waals surface area contributed by atoms with Crippen LogP contribution in [0.2, 0.25) is 10.0 Å². The van der Waals surface area contributed by atoms with E-state index < -0.39 is 11.8 Å². The van der Waals surface area contributed by atoms with Gasteiger partial charge in [0.25, 0.3) is 0 Å². The molecule has 0 bridgehead atoms. The normalized spacial score (nSPS) is 11.1. The number of carbonyl (C=O) groups is 1. The predicted octanol–water partition coefficient (Wildman–Crippen LogP) is 5.21. The van der Waals surface area contributed by atoms with Crippen LogP contribution < -0.4 is 0 Å². The zero-order valence-electron chi connectivity index (χ0n) is 13.5. The summed E-state index contributed by atoms with van der Waals surface area (Å²) in [4.78, 5) is 15.7. The van der Waals surface area contributed by atoms with Crippen molar-refractivity contribution in [3.63, 3.8) is 0 Å². The van der Waals surface area contributed by atoms with E-state index in [0.717, 1.165) is 0 Å². The second-order valence-electron chi connectivity index (χ2n) is 5.72. The molecule has 0 unspecified atom stereocenters. The van der Waals surface area contributed by atoms with Gasteiger partial charge in [-0.2, -0.15) is 5.10 Å². The first-order valence-corrected chi connectivity index (χ1v) is 8.53. The van der Waals surface area contributed by atoms with Crippen LogP contribution >= 0.6 is 23.2 Å². The number of nitrogens with zero attached hydrogens (tertiary/aromatic N) is 3. The fourth-order valence-electron chi connectivity index (χ4n) is 2.90. The monoisotopic (exact) mass is 401 g/mol. The Kier molecular flexibility index (Phi) is 4.30. The zero-order chi connectivity index (χ0) is 19.1. The molecule has 27 heavy (non-hydrogen) atoms. The van der Waals surface area contributed by atoms with Gasteiger partial charge in [-0.05, 0) is 24.3 Å². The van der Waals surface area contributed by atoms with Crippen LogP contribution in [-0.4, -0.2) is 25.7 Å². The van der Waals surface area contributed by atoms with Gasteiger partial charge >= 0.3 is 5.97 Å². The van der Waals surface area contributed by atoms with E-state index in [9.17, 15) is 14.3 Å². The minimum Gasteiger partial charge on any atom is -0.477 e. The third-order valence-electron chi connectivity index (χ3n) is 4.11. The molecule has 2 aromatic carbocycles. The van der Waals surface area contributed by atoms with Gasteiger partial charge in [-0.25, -0.2) is 18.7 Å². The van der Waals surface area contributed by atoms with Gasteiger partial charge in [0.2, 0.25) is 0 Å². The highest BCUT2D eigenvalue weighted by molar-refractivity contribution is 6.33. The lowest BCUT2D eigenvalue weighted by molar-refractivity contribution is 0.0698. The molecule has 2 aromatic heterocycles. The van der Waals surface area contributed by atoms with Crippen molar-refractivity contribution in [2.45, 2.75) is 0 Å². The van der Waals surface area contributed by atoms with E-state index in [2.05, 4.69) is 10.1 Å². The van der Waals surface area contributed by atoms with Gasteiger partial charge < -0.3 is 5.11 Å².